The van der Waals surface area contributed by atoms with Crippen LogP contribution in [0.15, 0.2) is 53.3 Å². The van der Waals surface area contributed by atoms with Gasteiger partial charge in [-0.25, -0.2) is 0 Å². The standard InChI is InChI=1S/C25H30N6O3/c1-2-7-21(25(33)27-19-9-5-10-20(16-19)31-14-3-4-15-31)28-22(32)11-12-23-29-24(30-34-23)18-8-6-13-26-17-18/h5-6,8-10,13,16-17,21H,2-4,7,11-12,14-15H2,1H3,(H,27,33)(H,28,32). The van der Waals surface area contributed by atoms with E-state index < -0.39 is 6.04 Å². The van der Waals surface area contributed by atoms with E-state index in [0.717, 1.165) is 36.4 Å². The number of aryl methyl sites for hydroxylation is 1. The third-order valence-electron chi connectivity index (χ3n) is 5.77. The van der Waals surface area contributed by atoms with E-state index in [1.807, 2.05) is 31.2 Å². The second-order valence-corrected chi connectivity index (χ2v) is 8.40. The highest BCUT2D eigenvalue weighted by atomic mass is 16.5. The van der Waals surface area contributed by atoms with Crippen molar-refractivity contribution in [3.8, 4) is 11.4 Å². The molecule has 1 saturated heterocycles. The number of hydrogen-bond donors (Lipinski definition) is 2. The summed E-state index contributed by atoms with van der Waals surface area (Å²) in [5.74, 6) is 0.345. The lowest BCUT2D eigenvalue weighted by Crippen LogP contribution is -2.43. The van der Waals surface area contributed by atoms with Gasteiger partial charge in [0.1, 0.15) is 6.04 Å². The van der Waals surface area contributed by atoms with Gasteiger partial charge in [-0.1, -0.05) is 24.6 Å². The highest BCUT2D eigenvalue weighted by molar-refractivity contribution is 5.97. The summed E-state index contributed by atoms with van der Waals surface area (Å²) in [6.45, 7) is 4.06. The van der Waals surface area contributed by atoms with Crippen LogP contribution < -0.4 is 15.5 Å². The minimum atomic E-state index is -0.610. The topological polar surface area (TPSA) is 113 Å². The predicted molar refractivity (Wildman–Crippen MR) is 129 cm³/mol. The number of rotatable bonds is 10. The molecular formula is C25H30N6O3. The molecule has 1 unspecified atom stereocenters. The van der Waals surface area contributed by atoms with Crippen molar-refractivity contribution in [3.63, 3.8) is 0 Å². The highest BCUT2D eigenvalue weighted by Crippen LogP contribution is 2.23. The van der Waals surface area contributed by atoms with Gasteiger partial charge in [-0.2, -0.15) is 4.98 Å². The maximum absolute atomic E-state index is 12.9. The molecule has 0 spiro atoms. The number of hydrogen-bond acceptors (Lipinski definition) is 7. The van der Waals surface area contributed by atoms with Crippen LogP contribution in [0.3, 0.4) is 0 Å². The largest absolute Gasteiger partial charge is 0.371 e. The molecule has 1 fully saturated rings. The first kappa shape index (κ1) is 23.4. The van der Waals surface area contributed by atoms with Crippen molar-refractivity contribution in [2.45, 2.75) is 51.5 Å². The van der Waals surface area contributed by atoms with Crippen LogP contribution in [0.2, 0.25) is 0 Å². The maximum Gasteiger partial charge on any atom is 0.246 e. The Kier molecular flexibility index (Phi) is 7.85. The van der Waals surface area contributed by atoms with Crippen molar-refractivity contribution in [1.29, 1.82) is 0 Å². The van der Waals surface area contributed by atoms with Gasteiger partial charge in [0.05, 0.1) is 0 Å². The summed E-state index contributed by atoms with van der Waals surface area (Å²) in [6, 6.07) is 10.9. The number of benzene rings is 1. The van der Waals surface area contributed by atoms with Gasteiger partial charge in [0.25, 0.3) is 0 Å². The average Bonchev–Trinajstić information content (AvgIpc) is 3.56. The number of aromatic nitrogens is 3. The molecule has 2 aromatic heterocycles. The Morgan fingerprint density at radius 2 is 2.03 bits per heavy atom. The summed E-state index contributed by atoms with van der Waals surface area (Å²) in [7, 11) is 0. The fourth-order valence-electron chi connectivity index (χ4n) is 4.00. The second kappa shape index (κ2) is 11.4. The molecule has 0 aliphatic carbocycles. The summed E-state index contributed by atoms with van der Waals surface area (Å²) in [5.41, 5.74) is 2.59. The Balaban J connectivity index is 1.31. The first-order chi connectivity index (χ1) is 16.6. The lowest BCUT2D eigenvalue weighted by atomic mass is 10.1. The Labute approximate surface area is 199 Å². The molecule has 4 rings (SSSR count). The fourth-order valence-corrected chi connectivity index (χ4v) is 4.00. The van der Waals surface area contributed by atoms with Crippen LogP contribution in [-0.2, 0) is 16.0 Å². The van der Waals surface area contributed by atoms with Crippen molar-refractivity contribution in [3.05, 3.63) is 54.7 Å². The molecule has 2 N–H and O–H groups in total. The third-order valence-corrected chi connectivity index (χ3v) is 5.77. The zero-order valence-electron chi connectivity index (χ0n) is 19.4. The van der Waals surface area contributed by atoms with Gasteiger partial charge in [-0.15, -0.1) is 0 Å². The molecule has 178 valence electrons. The van der Waals surface area contributed by atoms with E-state index in [1.165, 1.54) is 12.8 Å². The van der Waals surface area contributed by atoms with Gasteiger partial charge < -0.3 is 20.1 Å². The summed E-state index contributed by atoms with van der Waals surface area (Å²) in [6.07, 6.45) is 7.45. The number of nitrogens with one attached hydrogen (secondary N) is 2. The molecule has 9 nitrogen and oxygen atoms in total. The van der Waals surface area contributed by atoms with Gasteiger partial charge in [-0.05, 0) is 49.6 Å². The number of carbonyl (C=O) groups excluding carboxylic acids is 2. The lowest BCUT2D eigenvalue weighted by molar-refractivity contribution is -0.126. The number of carbonyl (C=O) groups is 2. The normalized spacial score (nSPS) is 14.1. The van der Waals surface area contributed by atoms with Crippen molar-refractivity contribution >= 4 is 23.2 Å². The van der Waals surface area contributed by atoms with E-state index in [2.05, 4.69) is 36.7 Å². The van der Waals surface area contributed by atoms with Crippen molar-refractivity contribution in [2.24, 2.45) is 0 Å². The molecule has 1 aliphatic heterocycles. The third kappa shape index (κ3) is 6.18. The monoisotopic (exact) mass is 462 g/mol. The SMILES string of the molecule is CCCC(NC(=O)CCc1nc(-c2cccnc2)no1)C(=O)Nc1cccc(N2CCCC2)c1. The molecule has 1 aliphatic rings. The second-order valence-electron chi connectivity index (χ2n) is 8.40. The predicted octanol–water partition coefficient (Wildman–Crippen LogP) is 3.59. The van der Waals surface area contributed by atoms with E-state index in [1.54, 1.807) is 18.5 Å². The van der Waals surface area contributed by atoms with Gasteiger partial charge >= 0.3 is 0 Å². The summed E-state index contributed by atoms with van der Waals surface area (Å²) in [4.78, 5) is 36.2. The van der Waals surface area contributed by atoms with Crippen LogP contribution in [0, 0.1) is 0 Å². The number of amides is 2. The molecule has 1 atom stereocenters. The Morgan fingerprint density at radius 3 is 2.79 bits per heavy atom. The Hall–Kier alpha value is -3.75. The molecule has 34 heavy (non-hydrogen) atoms. The molecule has 3 aromatic rings. The van der Waals surface area contributed by atoms with E-state index in [4.69, 9.17) is 4.52 Å². The van der Waals surface area contributed by atoms with Gasteiger partial charge in [0, 0.05) is 55.3 Å². The van der Waals surface area contributed by atoms with Crippen LogP contribution in [0.5, 0.6) is 0 Å². The molecular weight excluding hydrogens is 432 g/mol. The van der Waals surface area contributed by atoms with Crippen molar-refractivity contribution < 1.29 is 14.1 Å². The van der Waals surface area contributed by atoms with Crippen LogP contribution >= 0.6 is 0 Å². The zero-order chi connectivity index (χ0) is 23.8. The van der Waals surface area contributed by atoms with Gasteiger partial charge in [0.2, 0.25) is 23.5 Å². The quantitative estimate of drug-likeness (QED) is 0.473. The lowest BCUT2D eigenvalue weighted by Gasteiger charge is -2.20. The maximum atomic E-state index is 12.9. The van der Waals surface area contributed by atoms with Crippen LogP contribution in [0.4, 0.5) is 11.4 Å². The van der Waals surface area contributed by atoms with Gasteiger partial charge in [0.15, 0.2) is 0 Å². The molecule has 9 heteroatoms. The molecule has 0 radical (unpaired) electrons. The summed E-state index contributed by atoms with van der Waals surface area (Å²) < 4.78 is 5.25. The minimum Gasteiger partial charge on any atom is -0.371 e. The van der Waals surface area contributed by atoms with Crippen LogP contribution in [-0.4, -0.2) is 46.1 Å². The van der Waals surface area contributed by atoms with E-state index in [-0.39, 0.29) is 24.7 Å². The molecule has 2 amide bonds. The molecule has 3 heterocycles. The smallest absolute Gasteiger partial charge is 0.246 e. The first-order valence-electron chi connectivity index (χ1n) is 11.8. The van der Waals surface area contributed by atoms with Crippen molar-refractivity contribution in [2.75, 3.05) is 23.3 Å². The number of anilines is 2. The fraction of sp³-hybridized carbons (Fsp3) is 0.400. The average molecular weight is 463 g/mol. The molecule has 0 saturated carbocycles. The van der Waals surface area contributed by atoms with Crippen LogP contribution in [0.25, 0.3) is 11.4 Å². The zero-order valence-corrected chi connectivity index (χ0v) is 19.4. The Bertz CT molecular complexity index is 1090. The van der Waals surface area contributed by atoms with E-state index in [9.17, 15) is 9.59 Å². The minimum absolute atomic E-state index is 0.145. The summed E-state index contributed by atoms with van der Waals surface area (Å²) >= 11 is 0. The first-order valence-corrected chi connectivity index (χ1v) is 11.8. The molecule has 0 bridgehead atoms. The highest BCUT2D eigenvalue weighted by Gasteiger charge is 2.21. The number of pyridine rings is 1. The van der Waals surface area contributed by atoms with Crippen molar-refractivity contribution in [1.82, 2.24) is 20.4 Å². The van der Waals surface area contributed by atoms with E-state index >= 15 is 0 Å². The summed E-state index contributed by atoms with van der Waals surface area (Å²) in [5, 5.41) is 9.76. The Morgan fingerprint density at radius 1 is 1.18 bits per heavy atom. The molecule has 1 aromatic carbocycles. The number of nitrogens with zero attached hydrogens (tertiary/aromatic N) is 4. The van der Waals surface area contributed by atoms with E-state index in [0.29, 0.717) is 18.1 Å². The van der Waals surface area contributed by atoms with Crippen LogP contribution in [0.1, 0.15) is 44.9 Å². The van der Waals surface area contributed by atoms with Gasteiger partial charge in [-0.3, -0.25) is 14.6 Å².